The van der Waals surface area contributed by atoms with Crippen molar-refractivity contribution in [2.75, 3.05) is 24.9 Å². The van der Waals surface area contributed by atoms with E-state index in [9.17, 15) is 4.79 Å². The van der Waals surface area contributed by atoms with Gasteiger partial charge in [0.1, 0.15) is 17.2 Å². The molecule has 0 spiro atoms. The Kier molecular flexibility index (Phi) is 5.34. The number of nitrogens with zero attached hydrogens (tertiary/aromatic N) is 1. The first-order chi connectivity index (χ1) is 12.7. The first kappa shape index (κ1) is 17.3. The summed E-state index contributed by atoms with van der Waals surface area (Å²) in [5.74, 6) is 0.827. The zero-order valence-corrected chi connectivity index (χ0v) is 14.5. The minimum Gasteiger partial charge on any atom is -0.497 e. The molecule has 2 aromatic carbocycles. The predicted molar refractivity (Wildman–Crippen MR) is 101 cm³/mol. The van der Waals surface area contributed by atoms with Gasteiger partial charge in [0.15, 0.2) is 0 Å². The van der Waals surface area contributed by atoms with Crippen molar-refractivity contribution in [3.8, 4) is 11.5 Å². The molecule has 3 rings (SSSR count). The molecule has 132 valence electrons. The highest BCUT2D eigenvalue weighted by Gasteiger charge is 2.12. The van der Waals surface area contributed by atoms with E-state index in [0.717, 1.165) is 11.4 Å². The molecule has 0 bridgehead atoms. The second-order valence-electron chi connectivity index (χ2n) is 5.44. The number of carbonyl (C=O) groups excluding carboxylic acids is 1. The lowest BCUT2D eigenvalue weighted by atomic mass is 10.2. The molecular weight excluding hydrogens is 330 g/mol. The summed E-state index contributed by atoms with van der Waals surface area (Å²) >= 11 is 0. The van der Waals surface area contributed by atoms with Crippen LogP contribution < -0.4 is 20.1 Å². The Morgan fingerprint density at radius 2 is 1.73 bits per heavy atom. The van der Waals surface area contributed by atoms with Gasteiger partial charge in [-0.25, -0.2) is 0 Å². The summed E-state index contributed by atoms with van der Waals surface area (Å²) in [7, 11) is 3.11. The van der Waals surface area contributed by atoms with E-state index >= 15 is 0 Å². The SMILES string of the molecule is COc1ccc(NC(=O)c2cc(Nc3ccccc3)ccn2)c(OC)c1. The van der Waals surface area contributed by atoms with Crippen molar-refractivity contribution in [3.05, 3.63) is 72.6 Å². The third-order valence-electron chi connectivity index (χ3n) is 3.71. The van der Waals surface area contributed by atoms with Gasteiger partial charge in [-0.3, -0.25) is 9.78 Å². The number of pyridine rings is 1. The van der Waals surface area contributed by atoms with Crippen LogP contribution in [0.5, 0.6) is 11.5 Å². The Bertz CT molecular complexity index is 898. The molecule has 2 N–H and O–H groups in total. The standard InChI is InChI=1S/C20H19N3O3/c1-25-16-8-9-17(19(13-16)26-2)23-20(24)18-12-15(10-11-21-18)22-14-6-4-3-5-7-14/h3-13H,1-2H3,(H,21,22)(H,23,24). The first-order valence-electron chi connectivity index (χ1n) is 8.01. The molecule has 0 fully saturated rings. The number of amides is 1. The van der Waals surface area contributed by atoms with Gasteiger partial charge in [0, 0.05) is 23.6 Å². The van der Waals surface area contributed by atoms with Crippen LogP contribution in [0.25, 0.3) is 0 Å². The number of hydrogen-bond donors (Lipinski definition) is 2. The van der Waals surface area contributed by atoms with Gasteiger partial charge < -0.3 is 20.1 Å². The fraction of sp³-hybridized carbons (Fsp3) is 0.100. The van der Waals surface area contributed by atoms with Crippen molar-refractivity contribution in [3.63, 3.8) is 0 Å². The number of carbonyl (C=O) groups is 1. The van der Waals surface area contributed by atoms with Gasteiger partial charge in [-0.05, 0) is 36.4 Å². The van der Waals surface area contributed by atoms with Gasteiger partial charge >= 0.3 is 0 Å². The Morgan fingerprint density at radius 1 is 0.923 bits per heavy atom. The zero-order valence-electron chi connectivity index (χ0n) is 14.5. The molecule has 3 aromatic rings. The van der Waals surface area contributed by atoms with Gasteiger partial charge in [-0.15, -0.1) is 0 Å². The summed E-state index contributed by atoms with van der Waals surface area (Å²) < 4.78 is 10.5. The Balaban J connectivity index is 1.77. The molecule has 0 aliphatic carbocycles. The average molecular weight is 349 g/mol. The quantitative estimate of drug-likeness (QED) is 0.701. The van der Waals surface area contributed by atoms with Crippen molar-refractivity contribution >= 4 is 23.0 Å². The Labute approximate surface area is 151 Å². The van der Waals surface area contributed by atoms with E-state index in [-0.39, 0.29) is 5.91 Å². The van der Waals surface area contributed by atoms with Gasteiger partial charge in [0.2, 0.25) is 0 Å². The van der Waals surface area contributed by atoms with Gasteiger partial charge in [-0.2, -0.15) is 0 Å². The lowest BCUT2D eigenvalue weighted by Gasteiger charge is -2.12. The van der Waals surface area contributed by atoms with Gasteiger partial charge in [0.05, 0.1) is 19.9 Å². The van der Waals surface area contributed by atoms with Crippen LogP contribution in [0.15, 0.2) is 66.9 Å². The van der Waals surface area contributed by atoms with Crippen LogP contribution in [-0.2, 0) is 0 Å². The Hall–Kier alpha value is -3.54. The second-order valence-corrected chi connectivity index (χ2v) is 5.44. The highest BCUT2D eigenvalue weighted by Crippen LogP contribution is 2.29. The number of rotatable bonds is 6. The molecule has 0 saturated carbocycles. The summed E-state index contributed by atoms with van der Waals surface area (Å²) in [6.07, 6.45) is 1.59. The fourth-order valence-electron chi connectivity index (χ4n) is 2.41. The Morgan fingerprint density at radius 3 is 2.46 bits per heavy atom. The van der Waals surface area contributed by atoms with Crippen LogP contribution >= 0.6 is 0 Å². The number of anilines is 3. The maximum atomic E-state index is 12.6. The van der Waals surface area contributed by atoms with E-state index in [1.807, 2.05) is 30.3 Å². The summed E-state index contributed by atoms with van der Waals surface area (Å²) in [4.78, 5) is 16.7. The van der Waals surface area contributed by atoms with E-state index < -0.39 is 0 Å². The maximum absolute atomic E-state index is 12.6. The lowest BCUT2D eigenvalue weighted by molar-refractivity contribution is 0.102. The first-order valence-corrected chi connectivity index (χ1v) is 8.01. The number of hydrogen-bond acceptors (Lipinski definition) is 5. The molecule has 0 radical (unpaired) electrons. The molecular formula is C20H19N3O3. The largest absolute Gasteiger partial charge is 0.497 e. The summed E-state index contributed by atoms with van der Waals surface area (Å²) in [6.45, 7) is 0. The average Bonchev–Trinajstić information content (AvgIpc) is 2.69. The lowest BCUT2D eigenvalue weighted by Crippen LogP contribution is -2.14. The van der Waals surface area contributed by atoms with Crippen molar-refractivity contribution < 1.29 is 14.3 Å². The summed E-state index contributed by atoms with van der Waals surface area (Å²) in [5.41, 5.74) is 2.55. The van der Waals surface area contributed by atoms with E-state index in [4.69, 9.17) is 9.47 Å². The highest BCUT2D eigenvalue weighted by atomic mass is 16.5. The number of aromatic nitrogens is 1. The smallest absolute Gasteiger partial charge is 0.274 e. The maximum Gasteiger partial charge on any atom is 0.274 e. The molecule has 1 heterocycles. The van der Waals surface area contributed by atoms with Crippen molar-refractivity contribution in [1.29, 1.82) is 0 Å². The minimum atomic E-state index is -0.329. The molecule has 1 amide bonds. The molecule has 0 unspecified atom stereocenters. The molecule has 0 atom stereocenters. The third kappa shape index (κ3) is 4.10. The van der Waals surface area contributed by atoms with Gasteiger partial charge in [0.25, 0.3) is 5.91 Å². The summed E-state index contributed by atoms with van der Waals surface area (Å²) in [6, 6.07) is 18.4. The number of para-hydroxylation sites is 1. The molecule has 0 aliphatic heterocycles. The molecule has 0 aliphatic rings. The number of nitrogens with one attached hydrogen (secondary N) is 2. The van der Waals surface area contributed by atoms with Crippen molar-refractivity contribution in [2.45, 2.75) is 0 Å². The second kappa shape index (κ2) is 8.02. The van der Waals surface area contributed by atoms with Crippen LogP contribution in [-0.4, -0.2) is 25.1 Å². The normalized spacial score (nSPS) is 10.1. The third-order valence-corrected chi connectivity index (χ3v) is 3.71. The number of methoxy groups -OCH3 is 2. The number of ether oxygens (including phenoxy) is 2. The van der Waals surface area contributed by atoms with E-state index in [0.29, 0.717) is 22.9 Å². The molecule has 26 heavy (non-hydrogen) atoms. The zero-order chi connectivity index (χ0) is 18.4. The molecule has 6 nitrogen and oxygen atoms in total. The monoisotopic (exact) mass is 349 g/mol. The highest BCUT2D eigenvalue weighted by molar-refractivity contribution is 6.04. The molecule has 1 aromatic heterocycles. The topological polar surface area (TPSA) is 72.5 Å². The van der Waals surface area contributed by atoms with Gasteiger partial charge in [-0.1, -0.05) is 18.2 Å². The number of benzene rings is 2. The van der Waals surface area contributed by atoms with E-state index in [1.165, 1.54) is 7.11 Å². The van der Waals surface area contributed by atoms with E-state index in [1.54, 1.807) is 43.6 Å². The van der Waals surface area contributed by atoms with E-state index in [2.05, 4.69) is 15.6 Å². The van der Waals surface area contributed by atoms with Crippen LogP contribution in [0.2, 0.25) is 0 Å². The summed E-state index contributed by atoms with van der Waals surface area (Å²) in [5, 5.41) is 6.05. The van der Waals surface area contributed by atoms with Crippen LogP contribution in [0, 0.1) is 0 Å². The van der Waals surface area contributed by atoms with Crippen molar-refractivity contribution in [2.24, 2.45) is 0 Å². The molecule has 6 heteroatoms. The predicted octanol–water partition coefficient (Wildman–Crippen LogP) is 4.09. The van der Waals surface area contributed by atoms with Crippen molar-refractivity contribution in [1.82, 2.24) is 4.98 Å². The fourth-order valence-corrected chi connectivity index (χ4v) is 2.41. The van der Waals surface area contributed by atoms with Crippen LogP contribution in [0.1, 0.15) is 10.5 Å². The van der Waals surface area contributed by atoms with Crippen LogP contribution in [0.4, 0.5) is 17.1 Å². The molecule has 0 saturated heterocycles. The van der Waals surface area contributed by atoms with Crippen LogP contribution in [0.3, 0.4) is 0 Å². The minimum absolute atomic E-state index is 0.295.